The third-order valence-electron chi connectivity index (χ3n) is 1.57. The lowest BCUT2D eigenvalue weighted by Gasteiger charge is -2.08. The molecule has 0 heterocycles. The number of thioether (sulfide) groups is 1. The molecule has 0 bridgehead atoms. The average Bonchev–Trinajstić information content (AvgIpc) is 2.05. The molecule has 0 saturated heterocycles. The van der Waals surface area contributed by atoms with Crippen molar-refractivity contribution in [3.63, 3.8) is 0 Å². The van der Waals surface area contributed by atoms with Crippen molar-refractivity contribution in [2.75, 3.05) is 0 Å². The number of hydrogen-bond donors (Lipinski definition) is 2. The van der Waals surface area contributed by atoms with Crippen molar-refractivity contribution in [1.82, 2.24) is 0 Å². The Morgan fingerprint density at radius 2 is 2.00 bits per heavy atom. The molecule has 1 rings (SSSR count). The molecule has 3 heteroatoms. The lowest BCUT2D eigenvalue weighted by Crippen LogP contribution is -2.05. The Bertz CT molecular complexity index is 258. The largest absolute Gasteiger partial charge is 0.379 e. The van der Waals surface area contributed by atoms with E-state index in [4.69, 9.17) is 11.1 Å². The number of hydrogen-bond acceptors (Lipinski definition) is 2. The molecule has 0 aromatic heterocycles. The predicted octanol–water partition coefficient (Wildman–Crippen LogP) is 2.37. The molecule has 0 spiro atoms. The highest BCUT2D eigenvalue weighted by Crippen LogP contribution is 2.26. The van der Waals surface area contributed by atoms with E-state index in [1.165, 1.54) is 17.3 Å². The van der Waals surface area contributed by atoms with Crippen molar-refractivity contribution < 1.29 is 0 Å². The number of nitrogens with two attached hydrogens (primary N) is 1. The Morgan fingerprint density at radius 3 is 2.50 bits per heavy atom. The van der Waals surface area contributed by atoms with Crippen LogP contribution in [-0.2, 0) is 0 Å². The van der Waals surface area contributed by atoms with Gasteiger partial charge in [0.1, 0.15) is 0 Å². The fourth-order valence-electron chi connectivity index (χ4n) is 0.983. The van der Waals surface area contributed by atoms with E-state index >= 15 is 0 Å². The van der Waals surface area contributed by atoms with Gasteiger partial charge in [0.15, 0.2) is 5.17 Å². The SMILES string of the molecule is C[C@H](SC(=N)N)c1ccccc1. The molecular weight excluding hydrogens is 168 g/mol. The van der Waals surface area contributed by atoms with E-state index in [0.717, 1.165) is 0 Å². The van der Waals surface area contributed by atoms with E-state index in [1.807, 2.05) is 37.3 Å². The van der Waals surface area contributed by atoms with Gasteiger partial charge >= 0.3 is 0 Å². The summed E-state index contributed by atoms with van der Waals surface area (Å²) in [5.41, 5.74) is 6.48. The summed E-state index contributed by atoms with van der Waals surface area (Å²) < 4.78 is 0. The molecule has 0 saturated carbocycles. The van der Waals surface area contributed by atoms with Crippen molar-refractivity contribution in [2.45, 2.75) is 12.2 Å². The molecule has 1 aromatic carbocycles. The van der Waals surface area contributed by atoms with Crippen LogP contribution in [0.3, 0.4) is 0 Å². The molecule has 0 aliphatic carbocycles. The summed E-state index contributed by atoms with van der Waals surface area (Å²) in [6.45, 7) is 2.04. The van der Waals surface area contributed by atoms with E-state index in [0.29, 0.717) is 0 Å². The molecule has 0 radical (unpaired) electrons. The first kappa shape index (κ1) is 9.13. The van der Waals surface area contributed by atoms with E-state index in [1.54, 1.807) is 0 Å². The zero-order valence-electron chi connectivity index (χ0n) is 6.95. The van der Waals surface area contributed by atoms with Gasteiger partial charge in [-0.15, -0.1) is 0 Å². The highest BCUT2D eigenvalue weighted by atomic mass is 32.2. The van der Waals surface area contributed by atoms with Crippen molar-refractivity contribution in [2.24, 2.45) is 5.73 Å². The molecule has 0 aliphatic rings. The Balaban J connectivity index is 2.65. The average molecular weight is 180 g/mol. The summed E-state index contributed by atoms with van der Waals surface area (Å²) in [5.74, 6) is 0. The summed E-state index contributed by atoms with van der Waals surface area (Å²) in [5, 5.41) is 7.55. The number of rotatable bonds is 2. The molecule has 3 N–H and O–H groups in total. The van der Waals surface area contributed by atoms with E-state index < -0.39 is 0 Å². The number of nitrogens with one attached hydrogen (secondary N) is 1. The van der Waals surface area contributed by atoms with Gasteiger partial charge in [0.25, 0.3) is 0 Å². The number of benzene rings is 1. The van der Waals surface area contributed by atoms with Crippen LogP contribution in [0.2, 0.25) is 0 Å². The Kier molecular flexibility index (Phi) is 3.17. The zero-order chi connectivity index (χ0) is 8.97. The maximum Gasteiger partial charge on any atom is 0.151 e. The van der Waals surface area contributed by atoms with Gasteiger partial charge in [-0.25, -0.2) is 0 Å². The van der Waals surface area contributed by atoms with Gasteiger partial charge in [-0.1, -0.05) is 42.1 Å². The summed E-state index contributed by atoms with van der Waals surface area (Å²) in [6, 6.07) is 10.1. The predicted molar refractivity (Wildman–Crippen MR) is 54.4 cm³/mol. The normalized spacial score (nSPS) is 12.4. The minimum Gasteiger partial charge on any atom is -0.379 e. The van der Waals surface area contributed by atoms with Crippen molar-refractivity contribution >= 4 is 16.9 Å². The van der Waals surface area contributed by atoms with Gasteiger partial charge < -0.3 is 5.73 Å². The maximum absolute atomic E-state index is 7.11. The molecule has 64 valence electrons. The molecule has 2 nitrogen and oxygen atoms in total. The lowest BCUT2D eigenvalue weighted by molar-refractivity contribution is 1.11. The molecule has 0 fully saturated rings. The highest BCUT2D eigenvalue weighted by Gasteiger charge is 2.05. The minimum absolute atomic E-state index is 0.173. The molecule has 1 atom stereocenters. The molecule has 0 aliphatic heterocycles. The van der Waals surface area contributed by atoms with Gasteiger partial charge in [-0.3, -0.25) is 5.41 Å². The van der Waals surface area contributed by atoms with E-state index in [2.05, 4.69) is 0 Å². The second-order valence-electron chi connectivity index (χ2n) is 2.54. The fraction of sp³-hybridized carbons (Fsp3) is 0.222. The van der Waals surface area contributed by atoms with Crippen LogP contribution in [-0.4, -0.2) is 5.17 Å². The standard InChI is InChI=1S/C9H12N2S/c1-7(12-9(10)11)8-5-3-2-4-6-8/h2-7H,1H3,(H3,10,11)/t7-/m0/s1. The van der Waals surface area contributed by atoms with Crippen LogP contribution in [0.1, 0.15) is 17.7 Å². The third-order valence-corrected chi connectivity index (χ3v) is 2.45. The summed E-state index contributed by atoms with van der Waals surface area (Å²) in [6.07, 6.45) is 0. The Labute approximate surface area is 76.7 Å². The van der Waals surface area contributed by atoms with Crippen LogP contribution in [0.25, 0.3) is 0 Å². The van der Waals surface area contributed by atoms with Crippen LogP contribution in [0, 0.1) is 5.41 Å². The van der Waals surface area contributed by atoms with Gasteiger partial charge in [-0.05, 0) is 12.5 Å². The molecule has 12 heavy (non-hydrogen) atoms. The van der Waals surface area contributed by atoms with Crippen molar-refractivity contribution in [1.29, 1.82) is 5.41 Å². The van der Waals surface area contributed by atoms with Crippen LogP contribution < -0.4 is 5.73 Å². The van der Waals surface area contributed by atoms with Gasteiger partial charge in [0, 0.05) is 5.25 Å². The van der Waals surface area contributed by atoms with E-state index in [-0.39, 0.29) is 10.4 Å². The van der Waals surface area contributed by atoms with Crippen molar-refractivity contribution in [3.8, 4) is 0 Å². The molecule has 1 aromatic rings. The maximum atomic E-state index is 7.11. The van der Waals surface area contributed by atoms with Gasteiger partial charge in [0.05, 0.1) is 0 Å². The molecule has 0 amide bonds. The van der Waals surface area contributed by atoms with E-state index in [9.17, 15) is 0 Å². The third kappa shape index (κ3) is 2.58. The van der Waals surface area contributed by atoms with Crippen LogP contribution in [0.5, 0.6) is 0 Å². The lowest BCUT2D eigenvalue weighted by atomic mass is 10.2. The molecular formula is C9H12N2S. The monoisotopic (exact) mass is 180 g/mol. The Hall–Kier alpha value is -0.960. The zero-order valence-corrected chi connectivity index (χ0v) is 7.77. The summed E-state index contributed by atoms with van der Waals surface area (Å²) in [4.78, 5) is 0. The van der Waals surface area contributed by atoms with Crippen LogP contribution in [0.4, 0.5) is 0 Å². The van der Waals surface area contributed by atoms with Crippen LogP contribution >= 0.6 is 11.8 Å². The summed E-state index contributed by atoms with van der Waals surface area (Å²) in [7, 11) is 0. The minimum atomic E-state index is 0.173. The Morgan fingerprint density at radius 1 is 1.42 bits per heavy atom. The van der Waals surface area contributed by atoms with Crippen LogP contribution in [0.15, 0.2) is 30.3 Å². The first-order chi connectivity index (χ1) is 5.70. The molecule has 0 unspecified atom stereocenters. The second-order valence-corrected chi connectivity index (χ2v) is 3.92. The fourth-order valence-corrected chi connectivity index (χ4v) is 1.66. The van der Waals surface area contributed by atoms with Crippen molar-refractivity contribution in [3.05, 3.63) is 35.9 Å². The first-order valence-electron chi connectivity index (χ1n) is 3.76. The van der Waals surface area contributed by atoms with Gasteiger partial charge in [-0.2, -0.15) is 0 Å². The number of amidine groups is 1. The van der Waals surface area contributed by atoms with Gasteiger partial charge in [0.2, 0.25) is 0 Å². The second kappa shape index (κ2) is 4.16. The smallest absolute Gasteiger partial charge is 0.151 e. The quantitative estimate of drug-likeness (QED) is 0.542. The first-order valence-corrected chi connectivity index (χ1v) is 4.63. The highest BCUT2D eigenvalue weighted by molar-refractivity contribution is 8.13. The topological polar surface area (TPSA) is 49.9 Å². The summed E-state index contributed by atoms with van der Waals surface area (Å²) >= 11 is 1.37.